The Morgan fingerprint density at radius 2 is 1.28 bits per heavy atom. The van der Waals surface area contributed by atoms with Crippen molar-refractivity contribution in [2.75, 3.05) is 6.61 Å². The predicted octanol–water partition coefficient (Wildman–Crippen LogP) is 10.1. The third-order valence-corrected chi connectivity index (χ3v) is 8.53. The number of phenolic OH excluding ortho intramolecular Hbond substituents is 1. The second-order valence-corrected chi connectivity index (χ2v) is 10.9. The van der Waals surface area contributed by atoms with Crippen molar-refractivity contribution < 1.29 is 9.84 Å². The molecule has 0 amide bonds. The Balaban J connectivity index is 1.55. The summed E-state index contributed by atoms with van der Waals surface area (Å²) in [6.45, 7) is 0.454. The summed E-state index contributed by atoms with van der Waals surface area (Å²) >= 11 is 0. The van der Waals surface area contributed by atoms with E-state index in [1.165, 1.54) is 21.9 Å². The van der Waals surface area contributed by atoms with Crippen LogP contribution in [0.1, 0.15) is 16.7 Å². The van der Waals surface area contributed by atoms with Crippen LogP contribution >= 0.6 is 0 Å². The Bertz CT molecular complexity index is 2250. The number of hydrogen-bond donors (Lipinski definition) is 1. The minimum Gasteiger partial charge on any atom is -0.507 e. The Morgan fingerprint density at radius 3 is 1.98 bits per heavy atom. The molecule has 43 heavy (non-hydrogen) atoms. The average molecular weight is 551 g/mol. The second-order valence-electron chi connectivity index (χ2n) is 10.9. The molecule has 0 saturated carbocycles. The van der Waals surface area contributed by atoms with Gasteiger partial charge in [-0.1, -0.05) is 115 Å². The van der Waals surface area contributed by atoms with E-state index < -0.39 is 0 Å². The van der Waals surface area contributed by atoms with E-state index in [1.54, 1.807) is 6.07 Å². The maximum atomic E-state index is 11.1. The first-order valence-electron chi connectivity index (χ1n) is 14.4. The smallest absolute Gasteiger partial charge is 0.127 e. The van der Waals surface area contributed by atoms with Crippen LogP contribution in [0.25, 0.3) is 66.2 Å². The number of terminal acetylenes is 1. The number of ether oxygens (including phenoxy) is 1. The first-order valence-corrected chi connectivity index (χ1v) is 14.4. The molecule has 2 nitrogen and oxygen atoms in total. The van der Waals surface area contributed by atoms with E-state index in [0.29, 0.717) is 17.6 Å². The highest BCUT2D eigenvalue weighted by Crippen LogP contribution is 2.47. The normalized spacial score (nSPS) is 13.3. The molecule has 0 fully saturated rings. The molecule has 202 valence electrons. The summed E-state index contributed by atoms with van der Waals surface area (Å²) in [6, 6.07) is 43.7. The maximum absolute atomic E-state index is 11.1. The fraction of sp³-hybridized carbons (Fsp3) is 0.0244. The Labute approximate surface area is 250 Å². The maximum Gasteiger partial charge on any atom is 0.127 e. The molecular weight excluding hydrogens is 524 g/mol. The highest BCUT2D eigenvalue weighted by Gasteiger charge is 2.23. The fourth-order valence-electron chi connectivity index (χ4n) is 6.68. The molecule has 7 aromatic rings. The number of benzene rings is 7. The molecule has 0 atom stereocenters. The minimum atomic E-state index is 0.175. The van der Waals surface area contributed by atoms with Gasteiger partial charge in [-0.15, -0.1) is 6.42 Å². The monoisotopic (exact) mass is 550 g/mol. The number of para-hydroxylation sites is 1. The lowest BCUT2D eigenvalue weighted by molar-refractivity contribution is 0.389. The molecule has 8 rings (SSSR count). The highest BCUT2D eigenvalue weighted by molar-refractivity contribution is 6.23. The molecule has 0 saturated heterocycles. The van der Waals surface area contributed by atoms with Gasteiger partial charge in [-0.25, -0.2) is 0 Å². The molecule has 0 radical (unpaired) electrons. The number of phenols is 1. The van der Waals surface area contributed by atoms with Crippen molar-refractivity contribution in [3.63, 3.8) is 0 Å². The quantitative estimate of drug-likeness (QED) is 0.175. The summed E-state index contributed by atoms with van der Waals surface area (Å²) in [5, 5.41) is 17.3. The zero-order valence-corrected chi connectivity index (χ0v) is 23.3. The molecule has 2 heteroatoms. The van der Waals surface area contributed by atoms with Gasteiger partial charge in [-0.3, -0.25) is 0 Å². The molecule has 1 aliphatic heterocycles. The third kappa shape index (κ3) is 3.90. The summed E-state index contributed by atoms with van der Waals surface area (Å²) in [5.74, 6) is 4.02. The third-order valence-electron chi connectivity index (χ3n) is 8.53. The van der Waals surface area contributed by atoms with Gasteiger partial charge in [0, 0.05) is 22.1 Å². The van der Waals surface area contributed by atoms with Gasteiger partial charge >= 0.3 is 0 Å². The van der Waals surface area contributed by atoms with E-state index in [4.69, 9.17) is 11.2 Å². The lowest BCUT2D eigenvalue weighted by Crippen LogP contribution is -1.97. The van der Waals surface area contributed by atoms with Gasteiger partial charge in [-0.2, -0.15) is 0 Å². The van der Waals surface area contributed by atoms with Gasteiger partial charge in [0.25, 0.3) is 0 Å². The van der Waals surface area contributed by atoms with E-state index in [2.05, 4.69) is 103 Å². The molecule has 0 spiro atoms. The zero-order chi connectivity index (χ0) is 28.9. The van der Waals surface area contributed by atoms with Gasteiger partial charge in [-0.05, 0) is 79.0 Å². The van der Waals surface area contributed by atoms with Gasteiger partial charge in [0.1, 0.15) is 18.1 Å². The fourth-order valence-corrected chi connectivity index (χ4v) is 6.68. The molecule has 7 aromatic carbocycles. The van der Waals surface area contributed by atoms with E-state index in [0.717, 1.165) is 49.7 Å². The molecule has 1 N–H and O–H groups in total. The summed E-state index contributed by atoms with van der Waals surface area (Å²) < 4.78 is 6.05. The van der Waals surface area contributed by atoms with Crippen molar-refractivity contribution in [2.45, 2.75) is 0 Å². The van der Waals surface area contributed by atoms with Gasteiger partial charge in [0.2, 0.25) is 0 Å². The standard InChI is InChI=1S/C41H26O2/c1-2-29-35(24-28-25-43-38-22-11-10-16-30(28)38)36(23-27-15-12-21-37(42)40(27)29)41-33-19-8-6-17-31(33)39(26-13-4-3-5-14-26)32-18-7-9-20-34(32)41/h1,3-24,42H,25H2/b28-24+. The largest absolute Gasteiger partial charge is 0.507 e. The lowest BCUT2D eigenvalue weighted by atomic mass is 9.82. The van der Waals surface area contributed by atoms with Gasteiger partial charge < -0.3 is 9.84 Å². The number of fused-ring (bicyclic) bond motifs is 4. The van der Waals surface area contributed by atoms with E-state index >= 15 is 0 Å². The Hall–Kier alpha value is -5.78. The first-order chi connectivity index (χ1) is 21.2. The van der Waals surface area contributed by atoms with Crippen LogP contribution in [0, 0.1) is 12.3 Å². The van der Waals surface area contributed by atoms with Crippen LogP contribution in [0.5, 0.6) is 11.5 Å². The summed E-state index contributed by atoms with van der Waals surface area (Å²) in [5.41, 5.74) is 8.21. The van der Waals surface area contributed by atoms with Crippen LogP contribution in [-0.4, -0.2) is 11.7 Å². The topological polar surface area (TPSA) is 29.5 Å². The van der Waals surface area contributed by atoms with Crippen LogP contribution < -0.4 is 4.74 Å². The molecule has 0 aromatic heterocycles. The summed E-state index contributed by atoms with van der Waals surface area (Å²) in [7, 11) is 0. The van der Waals surface area contributed by atoms with Crippen LogP contribution in [0.4, 0.5) is 0 Å². The molecule has 0 unspecified atom stereocenters. The van der Waals surface area contributed by atoms with Crippen molar-refractivity contribution in [3.8, 4) is 46.1 Å². The SMILES string of the molecule is C#Cc1c(/C=C2\COc3ccccc32)c(-c2c3ccccc3c(-c3ccccc3)c3ccccc23)cc2cccc(O)c12. The lowest BCUT2D eigenvalue weighted by Gasteiger charge is -2.21. The van der Waals surface area contributed by atoms with Crippen molar-refractivity contribution >= 4 is 44.0 Å². The Morgan fingerprint density at radius 1 is 0.651 bits per heavy atom. The summed E-state index contributed by atoms with van der Waals surface area (Å²) in [6.07, 6.45) is 8.47. The van der Waals surface area contributed by atoms with Crippen molar-refractivity contribution in [1.82, 2.24) is 0 Å². The second kappa shape index (κ2) is 9.94. The molecule has 0 bridgehead atoms. The van der Waals surface area contributed by atoms with Gasteiger partial charge in [0.05, 0.1) is 0 Å². The van der Waals surface area contributed by atoms with Crippen molar-refractivity contribution in [2.24, 2.45) is 0 Å². The van der Waals surface area contributed by atoms with Crippen molar-refractivity contribution in [3.05, 3.63) is 144 Å². The van der Waals surface area contributed by atoms with Crippen molar-refractivity contribution in [1.29, 1.82) is 0 Å². The molecule has 0 aliphatic carbocycles. The minimum absolute atomic E-state index is 0.175. The van der Waals surface area contributed by atoms with Crippen LogP contribution in [0.3, 0.4) is 0 Å². The van der Waals surface area contributed by atoms with Crippen LogP contribution in [0.15, 0.2) is 127 Å². The van der Waals surface area contributed by atoms with E-state index in [1.807, 2.05) is 30.3 Å². The first kappa shape index (κ1) is 25.0. The average Bonchev–Trinajstić information content (AvgIpc) is 3.46. The van der Waals surface area contributed by atoms with E-state index in [9.17, 15) is 5.11 Å². The van der Waals surface area contributed by atoms with Crippen LogP contribution in [0.2, 0.25) is 0 Å². The van der Waals surface area contributed by atoms with Crippen LogP contribution in [-0.2, 0) is 0 Å². The Kier molecular flexibility index (Phi) is 5.77. The highest BCUT2D eigenvalue weighted by atomic mass is 16.5. The number of rotatable bonds is 3. The predicted molar refractivity (Wildman–Crippen MR) is 179 cm³/mol. The van der Waals surface area contributed by atoms with E-state index in [-0.39, 0.29) is 5.75 Å². The zero-order valence-electron chi connectivity index (χ0n) is 23.3. The summed E-state index contributed by atoms with van der Waals surface area (Å²) in [4.78, 5) is 0. The number of hydrogen-bond acceptors (Lipinski definition) is 2. The van der Waals surface area contributed by atoms with Gasteiger partial charge in [0.15, 0.2) is 0 Å². The molecule has 1 heterocycles. The molecule has 1 aliphatic rings. The molecular formula is C41H26O2. The number of aromatic hydroxyl groups is 1.